The van der Waals surface area contributed by atoms with E-state index in [0.29, 0.717) is 6.04 Å². The number of likely N-dealkylation sites (N-methyl/N-ethyl adjacent to an activating group) is 1. The van der Waals surface area contributed by atoms with Gasteiger partial charge in [0.1, 0.15) is 0 Å². The monoisotopic (exact) mass is 220 g/mol. The highest BCUT2D eigenvalue weighted by molar-refractivity contribution is 5.21. The molecule has 1 N–H and O–H groups in total. The van der Waals surface area contributed by atoms with Gasteiger partial charge in [0, 0.05) is 19.6 Å². The van der Waals surface area contributed by atoms with E-state index in [1.165, 1.54) is 30.8 Å². The van der Waals surface area contributed by atoms with E-state index in [2.05, 4.69) is 33.1 Å². The summed E-state index contributed by atoms with van der Waals surface area (Å²) in [5, 5.41) is 8.04. The lowest BCUT2D eigenvalue weighted by molar-refractivity contribution is 0.332. The van der Waals surface area contributed by atoms with Crippen molar-refractivity contribution in [3.63, 3.8) is 0 Å². The third kappa shape index (κ3) is 1.66. The van der Waals surface area contributed by atoms with E-state index in [9.17, 15) is 0 Å². The fourth-order valence-corrected chi connectivity index (χ4v) is 2.87. The summed E-state index contributed by atoms with van der Waals surface area (Å²) in [5.41, 5.74) is 2.88. The highest BCUT2D eigenvalue weighted by Crippen LogP contribution is 2.24. The highest BCUT2D eigenvalue weighted by Gasteiger charge is 2.26. The molecule has 1 aromatic heterocycles. The lowest BCUT2D eigenvalue weighted by atomic mass is 10.1. The van der Waals surface area contributed by atoms with E-state index in [0.717, 1.165) is 26.1 Å². The van der Waals surface area contributed by atoms with Crippen LogP contribution in [0.15, 0.2) is 6.20 Å². The number of nitrogens with one attached hydrogen (secondary N) is 1. The van der Waals surface area contributed by atoms with Gasteiger partial charge in [0.2, 0.25) is 0 Å². The van der Waals surface area contributed by atoms with Crippen LogP contribution in [0.2, 0.25) is 0 Å². The second kappa shape index (κ2) is 4.18. The molecule has 1 saturated heterocycles. The van der Waals surface area contributed by atoms with Gasteiger partial charge in [0.15, 0.2) is 0 Å². The molecule has 0 aliphatic carbocycles. The number of hydrogen-bond acceptors (Lipinski definition) is 3. The van der Waals surface area contributed by atoms with Crippen LogP contribution in [0.3, 0.4) is 0 Å². The summed E-state index contributed by atoms with van der Waals surface area (Å²) in [7, 11) is 0. The minimum Gasteiger partial charge on any atom is -0.311 e. The molecule has 4 nitrogen and oxygen atoms in total. The number of rotatable bonds is 2. The van der Waals surface area contributed by atoms with Crippen LogP contribution >= 0.6 is 0 Å². The Labute approximate surface area is 96.6 Å². The van der Waals surface area contributed by atoms with Crippen LogP contribution in [0.25, 0.3) is 0 Å². The van der Waals surface area contributed by atoms with Crippen molar-refractivity contribution in [1.82, 2.24) is 20.0 Å². The Morgan fingerprint density at radius 2 is 2.50 bits per heavy atom. The zero-order valence-corrected chi connectivity index (χ0v) is 9.95. The molecule has 0 saturated carbocycles. The zero-order valence-electron chi connectivity index (χ0n) is 9.95. The van der Waals surface area contributed by atoms with Crippen molar-refractivity contribution in [3.05, 3.63) is 17.5 Å². The van der Waals surface area contributed by atoms with Crippen molar-refractivity contribution in [2.45, 2.75) is 32.4 Å². The summed E-state index contributed by atoms with van der Waals surface area (Å²) in [6, 6.07) is 0.601. The van der Waals surface area contributed by atoms with Crippen molar-refractivity contribution in [2.75, 3.05) is 26.2 Å². The molecule has 1 aromatic rings. The van der Waals surface area contributed by atoms with Gasteiger partial charge < -0.3 is 10.2 Å². The SMILES string of the molecule is CCN1CCC(n2ncc3c2CNCC3)C1. The van der Waals surface area contributed by atoms with Crippen molar-refractivity contribution in [1.29, 1.82) is 0 Å². The van der Waals surface area contributed by atoms with Gasteiger partial charge >= 0.3 is 0 Å². The molecule has 4 heteroatoms. The molecule has 88 valence electrons. The molecule has 16 heavy (non-hydrogen) atoms. The van der Waals surface area contributed by atoms with Crippen molar-refractivity contribution in [2.24, 2.45) is 0 Å². The van der Waals surface area contributed by atoms with Crippen LogP contribution in [0.4, 0.5) is 0 Å². The van der Waals surface area contributed by atoms with Crippen molar-refractivity contribution < 1.29 is 0 Å². The van der Waals surface area contributed by atoms with Crippen LogP contribution < -0.4 is 5.32 Å². The number of nitrogens with zero attached hydrogens (tertiary/aromatic N) is 3. The maximum absolute atomic E-state index is 4.60. The van der Waals surface area contributed by atoms with Gasteiger partial charge in [-0.3, -0.25) is 4.68 Å². The fraction of sp³-hybridized carbons (Fsp3) is 0.750. The number of aromatic nitrogens is 2. The summed E-state index contributed by atoms with van der Waals surface area (Å²) in [4.78, 5) is 2.51. The summed E-state index contributed by atoms with van der Waals surface area (Å²) in [6.45, 7) is 7.90. The topological polar surface area (TPSA) is 33.1 Å². The average molecular weight is 220 g/mol. The van der Waals surface area contributed by atoms with E-state index in [1.807, 2.05) is 0 Å². The molecule has 1 unspecified atom stereocenters. The minimum absolute atomic E-state index is 0.601. The van der Waals surface area contributed by atoms with E-state index in [4.69, 9.17) is 0 Å². The maximum atomic E-state index is 4.60. The Bertz CT molecular complexity index is 371. The van der Waals surface area contributed by atoms with Crippen LogP contribution in [0, 0.1) is 0 Å². The number of fused-ring (bicyclic) bond motifs is 1. The summed E-state index contributed by atoms with van der Waals surface area (Å²) >= 11 is 0. The van der Waals surface area contributed by atoms with Crippen molar-refractivity contribution >= 4 is 0 Å². The highest BCUT2D eigenvalue weighted by atomic mass is 15.3. The second-order valence-electron chi connectivity index (χ2n) is 4.82. The van der Waals surface area contributed by atoms with E-state index in [-0.39, 0.29) is 0 Å². The predicted molar refractivity (Wildman–Crippen MR) is 63.4 cm³/mol. The van der Waals surface area contributed by atoms with Gasteiger partial charge in [0.05, 0.1) is 17.9 Å². The first-order valence-electron chi connectivity index (χ1n) is 6.37. The van der Waals surface area contributed by atoms with E-state index >= 15 is 0 Å². The van der Waals surface area contributed by atoms with Gasteiger partial charge in [0.25, 0.3) is 0 Å². The molecule has 3 heterocycles. The van der Waals surface area contributed by atoms with Gasteiger partial charge in [-0.05, 0) is 31.5 Å². The second-order valence-corrected chi connectivity index (χ2v) is 4.82. The normalized spacial score (nSPS) is 25.9. The molecular weight excluding hydrogens is 200 g/mol. The molecule has 0 radical (unpaired) electrons. The molecule has 0 amide bonds. The first kappa shape index (κ1) is 10.3. The third-order valence-corrected chi connectivity index (χ3v) is 3.89. The van der Waals surface area contributed by atoms with E-state index in [1.54, 1.807) is 0 Å². The Hall–Kier alpha value is -0.870. The fourth-order valence-electron chi connectivity index (χ4n) is 2.87. The number of hydrogen-bond donors (Lipinski definition) is 1. The molecule has 1 atom stereocenters. The van der Waals surface area contributed by atoms with Gasteiger partial charge in [-0.25, -0.2) is 0 Å². The van der Waals surface area contributed by atoms with E-state index < -0.39 is 0 Å². The van der Waals surface area contributed by atoms with Crippen LogP contribution in [0.5, 0.6) is 0 Å². The molecule has 2 aliphatic heterocycles. The Kier molecular flexibility index (Phi) is 2.69. The Balaban J connectivity index is 1.82. The maximum Gasteiger partial charge on any atom is 0.0662 e. The molecule has 0 bridgehead atoms. The van der Waals surface area contributed by atoms with Crippen LogP contribution in [-0.4, -0.2) is 40.9 Å². The van der Waals surface area contributed by atoms with Crippen molar-refractivity contribution in [3.8, 4) is 0 Å². The Morgan fingerprint density at radius 3 is 3.31 bits per heavy atom. The lowest BCUT2D eigenvalue weighted by Gasteiger charge is -2.19. The van der Waals surface area contributed by atoms with Gasteiger partial charge in [-0.1, -0.05) is 6.92 Å². The van der Waals surface area contributed by atoms with Crippen LogP contribution in [0.1, 0.15) is 30.6 Å². The smallest absolute Gasteiger partial charge is 0.0662 e. The first-order chi connectivity index (χ1) is 7.88. The van der Waals surface area contributed by atoms with Gasteiger partial charge in [-0.2, -0.15) is 5.10 Å². The quantitative estimate of drug-likeness (QED) is 0.800. The average Bonchev–Trinajstić information content (AvgIpc) is 2.94. The molecule has 2 aliphatic rings. The lowest BCUT2D eigenvalue weighted by Crippen LogP contribution is -2.27. The minimum atomic E-state index is 0.601. The first-order valence-corrected chi connectivity index (χ1v) is 6.37. The standard InChI is InChI=1S/C12H20N4/c1-2-15-6-4-11(9-15)16-12-8-13-5-3-10(12)7-14-16/h7,11,13H,2-6,8-9H2,1H3. The third-order valence-electron chi connectivity index (χ3n) is 3.89. The molecule has 0 aromatic carbocycles. The number of likely N-dealkylation sites (tertiary alicyclic amines) is 1. The van der Waals surface area contributed by atoms with Gasteiger partial charge in [-0.15, -0.1) is 0 Å². The largest absolute Gasteiger partial charge is 0.311 e. The summed E-state index contributed by atoms with van der Waals surface area (Å²) < 4.78 is 2.27. The molecule has 3 rings (SSSR count). The molecule has 1 fully saturated rings. The van der Waals surface area contributed by atoms with Crippen LogP contribution in [-0.2, 0) is 13.0 Å². The summed E-state index contributed by atoms with van der Waals surface area (Å²) in [6.07, 6.45) is 4.46. The Morgan fingerprint density at radius 1 is 1.56 bits per heavy atom. The zero-order chi connectivity index (χ0) is 11.0. The predicted octanol–water partition coefficient (Wildman–Crippen LogP) is 0.795. The molecule has 0 spiro atoms. The molecular formula is C12H20N4. The summed E-state index contributed by atoms with van der Waals surface area (Å²) in [5.74, 6) is 0.